The number of Topliss-reactive ketones (excluding diaryl/α,β-unsaturated/α-hetero) is 1. The quantitative estimate of drug-likeness (QED) is 0.355. The van der Waals surface area contributed by atoms with Crippen molar-refractivity contribution >= 4 is 17.7 Å². The summed E-state index contributed by atoms with van der Waals surface area (Å²) in [7, 11) is 7.49. The minimum absolute atomic E-state index is 0.0288. The van der Waals surface area contributed by atoms with Gasteiger partial charge in [-0.05, 0) is 86.1 Å². The molecule has 0 aromatic heterocycles. The maximum atomic E-state index is 14.3. The average Bonchev–Trinajstić information content (AvgIpc) is 3.02. The predicted molar refractivity (Wildman–Crippen MR) is 184 cm³/mol. The zero-order valence-electron chi connectivity index (χ0n) is 30.9. The van der Waals surface area contributed by atoms with Gasteiger partial charge in [0.2, 0.25) is 5.91 Å². The Morgan fingerprint density at radius 2 is 1.73 bits per heavy atom. The van der Waals surface area contributed by atoms with Crippen molar-refractivity contribution in [3.63, 3.8) is 0 Å². The van der Waals surface area contributed by atoms with Gasteiger partial charge in [-0.25, -0.2) is 0 Å². The van der Waals surface area contributed by atoms with E-state index < -0.39 is 41.4 Å². The molecule has 8 atom stereocenters. The highest BCUT2D eigenvalue weighted by atomic mass is 16.7. The Morgan fingerprint density at radius 3 is 2.35 bits per heavy atom. The summed E-state index contributed by atoms with van der Waals surface area (Å²) in [5.41, 5.74) is -1.56. The predicted octanol–water partition coefficient (Wildman–Crippen LogP) is 3.41. The van der Waals surface area contributed by atoms with Crippen LogP contribution in [0.15, 0.2) is 30.3 Å². The summed E-state index contributed by atoms with van der Waals surface area (Å²) < 4.78 is 24.7. The number of aliphatic hydroxyl groups excluding tert-OH is 1. The van der Waals surface area contributed by atoms with E-state index in [0.717, 1.165) is 25.1 Å². The number of cyclic esters (lactones) is 1. The Balaban J connectivity index is 1.92. The van der Waals surface area contributed by atoms with Gasteiger partial charge in [-0.3, -0.25) is 14.4 Å². The molecule has 2 fully saturated rings. The third-order valence-electron chi connectivity index (χ3n) is 10.1. The molecule has 1 aromatic rings. The highest BCUT2D eigenvalue weighted by Crippen LogP contribution is 2.38. The van der Waals surface area contributed by atoms with Crippen LogP contribution in [0.25, 0.3) is 0 Å². The molecule has 1 aromatic carbocycles. The van der Waals surface area contributed by atoms with E-state index in [-0.39, 0.29) is 49.3 Å². The number of esters is 1. The molecular formula is C37H61N3O8. The first kappa shape index (κ1) is 40.0. The summed E-state index contributed by atoms with van der Waals surface area (Å²) in [6.45, 7) is 13.1. The fraction of sp³-hybridized carbons (Fsp3) is 0.757. The molecule has 1 N–H and O–H groups in total. The summed E-state index contributed by atoms with van der Waals surface area (Å²) in [6, 6.07) is 9.39. The van der Waals surface area contributed by atoms with Gasteiger partial charge in [0, 0.05) is 32.2 Å². The Kier molecular flexibility index (Phi) is 14.6. The van der Waals surface area contributed by atoms with Crippen molar-refractivity contribution in [2.24, 2.45) is 17.3 Å². The van der Waals surface area contributed by atoms with Gasteiger partial charge in [-0.1, -0.05) is 44.2 Å². The molecule has 0 spiro atoms. The minimum Gasteiger partial charge on any atom is -0.463 e. The number of amides is 1. The second kappa shape index (κ2) is 17.5. The van der Waals surface area contributed by atoms with Crippen molar-refractivity contribution in [2.75, 3.05) is 61.0 Å². The van der Waals surface area contributed by atoms with Crippen molar-refractivity contribution in [2.45, 2.75) is 103 Å². The van der Waals surface area contributed by atoms with Crippen LogP contribution in [-0.4, -0.2) is 135 Å². The monoisotopic (exact) mass is 675 g/mol. The topological polar surface area (TPSA) is 118 Å². The Morgan fingerprint density at radius 1 is 1.06 bits per heavy atom. The zero-order valence-corrected chi connectivity index (χ0v) is 30.9. The number of methoxy groups -OCH3 is 1. The van der Waals surface area contributed by atoms with Gasteiger partial charge in [0.25, 0.3) is 0 Å². The van der Waals surface area contributed by atoms with E-state index in [0.29, 0.717) is 19.4 Å². The molecule has 2 heterocycles. The van der Waals surface area contributed by atoms with Crippen LogP contribution >= 0.6 is 0 Å². The number of hydrogen-bond acceptors (Lipinski definition) is 10. The number of ketones is 1. The van der Waals surface area contributed by atoms with Gasteiger partial charge >= 0.3 is 5.97 Å². The van der Waals surface area contributed by atoms with E-state index in [1.54, 1.807) is 32.8 Å². The molecule has 0 saturated carbocycles. The molecule has 1 amide bonds. The number of rotatable bonds is 6. The molecule has 3 rings (SSSR count). The molecule has 2 aliphatic rings. The number of aliphatic hydroxyl groups is 1. The lowest BCUT2D eigenvalue weighted by Crippen LogP contribution is -2.59. The first-order chi connectivity index (χ1) is 22.5. The number of carbonyl (C=O) groups is 3. The molecule has 0 radical (unpaired) electrons. The van der Waals surface area contributed by atoms with Gasteiger partial charge in [0.05, 0.1) is 30.8 Å². The molecule has 2 saturated heterocycles. The second-order valence-electron chi connectivity index (χ2n) is 15.0. The fourth-order valence-corrected chi connectivity index (χ4v) is 7.30. The van der Waals surface area contributed by atoms with Crippen LogP contribution < -0.4 is 0 Å². The molecule has 2 aliphatic heterocycles. The molecule has 11 heteroatoms. The zero-order chi connectivity index (χ0) is 35.8. The molecule has 48 heavy (non-hydrogen) atoms. The van der Waals surface area contributed by atoms with Crippen LogP contribution in [0.1, 0.15) is 66.4 Å². The van der Waals surface area contributed by atoms with Gasteiger partial charge in [-0.15, -0.1) is 0 Å². The van der Waals surface area contributed by atoms with E-state index in [4.69, 9.17) is 18.9 Å². The van der Waals surface area contributed by atoms with Crippen molar-refractivity contribution < 1.29 is 38.4 Å². The number of ether oxygens (including phenoxy) is 4. The average molecular weight is 676 g/mol. The van der Waals surface area contributed by atoms with Gasteiger partial charge in [0.1, 0.15) is 18.1 Å². The van der Waals surface area contributed by atoms with Gasteiger partial charge in [0.15, 0.2) is 12.1 Å². The third kappa shape index (κ3) is 10.3. The standard InChI is InChI=1S/C37H61N3O8/c1-25-23-37(6,45-10)33(48-34-31(42)29(38(7)8)21-26(2)47-34)27(3)32(43)36(4,5)35(44)46-20-19-40(18-14-17-39(9)24-25)30(41)22-28-15-12-11-13-16-28/h11-13,15-16,25-27,29,31,33-34,42H,14,17-24H2,1-10H3/t25-,26-,27+,29+,31-,33-,34+,37-/m1/s1. The van der Waals surface area contributed by atoms with E-state index in [2.05, 4.69) is 18.9 Å². The molecule has 11 nitrogen and oxygen atoms in total. The smallest absolute Gasteiger partial charge is 0.319 e. The van der Waals surface area contributed by atoms with Crippen molar-refractivity contribution in [1.29, 1.82) is 0 Å². The van der Waals surface area contributed by atoms with Gasteiger partial charge < -0.3 is 38.8 Å². The number of benzene rings is 1. The van der Waals surface area contributed by atoms with Crippen LogP contribution in [0, 0.1) is 17.3 Å². The summed E-state index contributed by atoms with van der Waals surface area (Å²) in [6.07, 6.45) is -0.829. The summed E-state index contributed by atoms with van der Waals surface area (Å²) >= 11 is 0. The van der Waals surface area contributed by atoms with E-state index in [9.17, 15) is 19.5 Å². The molecule has 0 aliphatic carbocycles. The minimum atomic E-state index is -1.51. The highest BCUT2D eigenvalue weighted by Gasteiger charge is 2.51. The number of carbonyl (C=O) groups excluding carboxylic acids is 3. The highest BCUT2D eigenvalue weighted by molar-refractivity contribution is 6.04. The maximum Gasteiger partial charge on any atom is 0.319 e. The molecule has 272 valence electrons. The lowest BCUT2D eigenvalue weighted by molar-refractivity contribution is -0.295. The molecule has 0 unspecified atom stereocenters. The second-order valence-corrected chi connectivity index (χ2v) is 15.0. The van der Waals surface area contributed by atoms with Crippen LogP contribution in [0.5, 0.6) is 0 Å². The summed E-state index contributed by atoms with van der Waals surface area (Å²) in [4.78, 5) is 47.1. The lowest BCUT2D eigenvalue weighted by atomic mass is 9.74. The van der Waals surface area contributed by atoms with Crippen molar-refractivity contribution in [1.82, 2.24) is 14.7 Å². The largest absolute Gasteiger partial charge is 0.463 e. The summed E-state index contributed by atoms with van der Waals surface area (Å²) in [5.74, 6) is -1.77. The first-order valence-corrected chi connectivity index (χ1v) is 17.4. The Bertz CT molecular complexity index is 1200. The van der Waals surface area contributed by atoms with Crippen molar-refractivity contribution in [3.05, 3.63) is 35.9 Å². The van der Waals surface area contributed by atoms with E-state index >= 15 is 0 Å². The molecular weight excluding hydrogens is 614 g/mol. The van der Waals surface area contributed by atoms with Crippen molar-refractivity contribution in [3.8, 4) is 0 Å². The lowest BCUT2D eigenvalue weighted by Gasteiger charge is -2.47. The Hall–Kier alpha value is -2.41. The van der Waals surface area contributed by atoms with E-state index in [1.807, 2.05) is 63.2 Å². The van der Waals surface area contributed by atoms with E-state index in [1.165, 1.54) is 0 Å². The first-order valence-electron chi connectivity index (χ1n) is 17.4. The number of nitrogens with zero attached hydrogens (tertiary/aromatic N) is 3. The van der Waals surface area contributed by atoms with Crippen LogP contribution in [-0.2, 0) is 39.8 Å². The number of likely N-dealkylation sites (N-methyl/N-ethyl adjacent to an activating group) is 1. The van der Waals surface area contributed by atoms with Crippen LogP contribution in [0.3, 0.4) is 0 Å². The normalized spacial score (nSPS) is 33.7. The van der Waals surface area contributed by atoms with Crippen LogP contribution in [0.2, 0.25) is 0 Å². The molecule has 0 bridgehead atoms. The van der Waals surface area contributed by atoms with Gasteiger partial charge in [-0.2, -0.15) is 0 Å². The Labute approximate surface area is 288 Å². The maximum absolute atomic E-state index is 14.3. The summed E-state index contributed by atoms with van der Waals surface area (Å²) in [5, 5.41) is 11.4. The number of hydrogen-bond donors (Lipinski definition) is 1. The van der Waals surface area contributed by atoms with Crippen LogP contribution in [0.4, 0.5) is 0 Å². The fourth-order valence-electron chi connectivity index (χ4n) is 7.30. The third-order valence-corrected chi connectivity index (χ3v) is 10.1. The SMILES string of the molecule is CO[C@]1(C)C[C@@H](C)CN(C)CCCN(C(=O)Cc2ccccc2)CCOC(=O)C(C)(C)C(=O)[C@H](C)[C@H]1O[C@@H]1O[C@H](C)C[C@H](N(C)C)[C@H]1O.